The van der Waals surface area contributed by atoms with Crippen molar-refractivity contribution in [2.24, 2.45) is 5.41 Å². The maximum atomic E-state index is 4.94. The molecule has 0 saturated heterocycles. The minimum absolute atomic E-state index is 0.220. The van der Waals surface area contributed by atoms with Gasteiger partial charge in [0.15, 0.2) is 5.65 Å². The summed E-state index contributed by atoms with van der Waals surface area (Å²) in [5, 5.41) is 3.67. The second kappa shape index (κ2) is 6.75. The molecule has 2 aromatic heterocycles. The van der Waals surface area contributed by atoms with Gasteiger partial charge in [-0.05, 0) is 42.4 Å². The Hall–Kier alpha value is -2.36. The smallest absolute Gasteiger partial charge is 0.156 e. The average molecular weight is 348 g/mol. The molecular formula is C22H28N4. The summed E-state index contributed by atoms with van der Waals surface area (Å²) in [7, 11) is 0. The summed E-state index contributed by atoms with van der Waals surface area (Å²) in [5.41, 5.74) is 6.55. The average Bonchev–Trinajstić information content (AvgIpc) is 3.24. The number of hydrogen-bond donors (Lipinski definition) is 2. The van der Waals surface area contributed by atoms with Gasteiger partial charge < -0.3 is 10.3 Å². The lowest BCUT2D eigenvalue weighted by Crippen LogP contribution is -2.14. The molecule has 4 rings (SSSR count). The molecule has 0 spiro atoms. The molecule has 1 fully saturated rings. The molecule has 0 radical (unpaired) electrons. The molecule has 4 nitrogen and oxygen atoms in total. The Morgan fingerprint density at radius 3 is 2.77 bits per heavy atom. The van der Waals surface area contributed by atoms with Crippen molar-refractivity contribution in [1.82, 2.24) is 15.0 Å². The quantitative estimate of drug-likeness (QED) is 0.648. The van der Waals surface area contributed by atoms with Crippen LogP contribution in [0.3, 0.4) is 0 Å². The summed E-state index contributed by atoms with van der Waals surface area (Å²) >= 11 is 0. The highest BCUT2D eigenvalue weighted by atomic mass is 14.9. The summed E-state index contributed by atoms with van der Waals surface area (Å²) in [5.74, 6) is 0. The van der Waals surface area contributed by atoms with E-state index in [1.807, 2.05) is 6.20 Å². The number of aromatic amines is 1. The number of nitrogens with one attached hydrogen (secondary N) is 2. The molecule has 1 saturated carbocycles. The van der Waals surface area contributed by atoms with Crippen LogP contribution in [0, 0.1) is 5.41 Å². The standard InChI is InChI=1S/C22H28N4/c1-22(2,3)12-16-13-23-21-20(16)26-19(14-24-21)15-7-6-10-18(11-15)25-17-8-4-5-9-17/h6-7,10-11,13-14,17,25H,4-5,8-9,12H2,1-3H3,(H,23,24). The van der Waals surface area contributed by atoms with Gasteiger partial charge in [0.25, 0.3) is 0 Å². The molecule has 2 heterocycles. The highest BCUT2D eigenvalue weighted by molar-refractivity contribution is 5.78. The summed E-state index contributed by atoms with van der Waals surface area (Å²) in [6.07, 6.45) is 10.1. The molecule has 1 aliphatic rings. The third kappa shape index (κ3) is 3.74. The fourth-order valence-corrected chi connectivity index (χ4v) is 3.86. The molecule has 3 aromatic rings. The molecule has 2 N–H and O–H groups in total. The minimum atomic E-state index is 0.220. The summed E-state index contributed by atoms with van der Waals surface area (Å²) in [6, 6.07) is 9.18. The second-order valence-corrected chi connectivity index (χ2v) is 8.71. The van der Waals surface area contributed by atoms with E-state index in [-0.39, 0.29) is 5.41 Å². The molecule has 4 heteroatoms. The number of hydrogen-bond acceptors (Lipinski definition) is 3. The largest absolute Gasteiger partial charge is 0.382 e. The highest BCUT2D eigenvalue weighted by Crippen LogP contribution is 2.28. The Morgan fingerprint density at radius 1 is 1.19 bits per heavy atom. The van der Waals surface area contributed by atoms with E-state index in [1.54, 1.807) is 0 Å². The molecule has 0 atom stereocenters. The Morgan fingerprint density at radius 2 is 2.00 bits per heavy atom. The van der Waals surface area contributed by atoms with Gasteiger partial charge >= 0.3 is 0 Å². The SMILES string of the molecule is CC(C)(C)Cc1c[nH]c2ncc(-c3cccc(NC4CCCC4)c3)nc12. The maximum Gasteiger partial charge on any atom is 0.156 e. The first-order valence-corrected chi connectivity index (χ1v) is 9.68. The van der Waals surface area contributed by atoms with Gasteiger partial charge in [-0.15, -0.1) is 0 Å². The van der Waals surface area contributed by atoms with Gasteiger partial charge in [-0.2, -0.15) is 0 Å². The van der Waals surface area contributed by atoms with Gasteiger partial charge in [0.1, 0.15) is 5.52 Å². The van der Waals surface area contributed by atoms with Crippen LogP contribution in [-0.2, 0) is 6.42 Å². The zero-order valence-electron chi connectivity index (χ0n) is 16.0. The van der Waals surface area contributed by atoms with Gasteiger partial charge in [-0.3, -0.25) is 0 Å². The molecule has 136 valence electrons. The lowest BCUT2D eigenvalue weighted by atomic mass is 9.89. The molecule has 26 heavy (non-hydrogen) atoms. The number of benzene rings is 1. The zero-order valence-corrected chi connectivity index (χ0v) is 16.0. The van der Waals surface area contributed by atoms with E-state index in [0.29, 0.717) is 6.04 Å². The summed E-state index contributed by atoms with van der Waals surface area (Å²) in [6.45, 7) is 6.75. The fourth-order valence-electron chi connectivity index (χ4n) is 3.86. The lowest BCUT2D eigenvalue weighted by molar-refractivity contribution is 0.412. The van der Waals surface area contributed by atoms with E-state index in [9.17, 15) is 0 Å². The first-order valence-electron chi connectivity index (χ1n) is 9.68. The number of rotatable bonds is 4. The van der Waals surface area contributed by atoms with Crippen LogP contribution in [0.25, 0.3) is 22.4 Å². The van der Waals surface area contributed by atoms with Gasteiger partial charge in [0.2, 0.25) is 0 Å². The maximum absolute atomic E-state index is 4.94. The first kappa shape index (κ1) is 17.1. The zero-order chi connectivity index (χ0) is 18.1. The number of anilines is 1. The van der Waals surface area contributed by atoms with Crippen LogP contribution in [0.15, 0.2) is 36.7 Å². The number of fused-ring (bicyclic) bond motifs is 1. The normalized spacial score (nSPS) is 15.7. The molecule has 0 aliphatic heterocycles. The number of aromatic nitrogens is 3. The van der Waals surface area contributed by atoms with Crippen molar-refractivity contribution in [2.75, 3.05) is 5.32 Å². The molecular weight excluding hydrogens is 320 g/mol. The van der Waals surface area contributed by atoms with Crippen LogP contribution in [0.2, 0.25) is 0 Å². The van der Waals surface area contributed by atoms with Crippen molar-refractivity contribution in [2.45, 2.75) is 58.9 Å². The van der Waals surface area contributed by atoms with Gasteiger partial charge in [0, 0.05) is 23.5 Å². The Kier molecular flexibility index (Phi) is 4.43. The molecule has 1 aliphatic carbocycles. The van der Waals surface area contributed by atoms with Crippen molar-refractivity contribution >= 4 is 16.9 Å². The minimum Gasteiger partial charge on any atom is -0.382 e. The van der Waals surface area contributed by atoms with Gasteiger partial charge in [-0.1, -0.05) is 45.7 Å². The predicted molar refractivity (Wildman–Crippen MR) is 108 cm³/mol. The first-order chi connectivity index (χ1) is 12.5. The topological polar surface area (TPSA) is 53.6 Å². The number of H-pyrrole nitrogens is 1. The van der Waals surface area contributed by atoms with E-state index in [2.05, 4.69) is 66.5 Å². The molecule has 0 unspecified atom stereocenters. The van der Waals surface area contributed by atoms with E-state index >= 15 is 0 Å². The van der Waals surface area contributed by atoms with Crippen molar-refractivity contribution < 1.29 is 0 Å². The van der Waals surface area contributed by atoms with Crippen molar-refractivity contribution in [1.29, 1.82) is 0 Å². The summed E-state index contributed by atoms with van der Waals surface area (Å²) < 4.78 is 0. The van der Waals surface area contributed by atoms with Crippen LogP contribution in [0.4, 0.5) is 5.69 Å². The molecule has 0 amide bonds. The monoisotopic (exact) mass is 348 g/mol. The third-order valence-electron chi connectivity index (χ3n) is 5.06. The summed E-state index contributed by atoms with van der Waals surface area (Å²) in [4.78, 5) is 12.8. The van der Waals surface area contributed by atoms with E-state index in [1.165, 1.54) is 36.9 Å². The third-order valence-corrected chi connectivity index (χ3v) is 5.06. The van der Waals surface area contributed by atoms with Crippen LogP contribution >= 0.6 is 0 Å². The predicted octanol–water partition coefficient (Wildman–Crippen LogP) is 5.57. The lowest BCUT2D eigenvalue weighted by Gasteiger charge is -2.17. The van der Waals surface area contributed by atoms with Crippen molar-refractivity contribution in [3.8, 4) is 11.3 Å². The van der Waals surface area contributed by atoms with Gasteiger partial charge in [-0.25, -0.2) is 9.97 Å². The highest BCUT2D eigenvalue weighted by Gasteiger charge is 2.17. The van der Waals surface area contributed by atoms with Crippen LogP contribution in [0.1, 0.15) is 52.0 Å². The van der Waals surface area contributed by atoms with Crippen molar-refractivity contribution in [3.05, 3.63) is 42.2 Å². The van der Waals surface area contributed by atoms with Crippen LogP contribution in [-0.4, -0.2) is 21.0 Å². The van der Waals surface area contributed by atoms with E-state index in [0.717, 1.165) is 28.8 Å². The fraction of sp³-hybridized carbons (Fsp3) is 0.455. The van der Waals surface area contributed by atoms with E-state index < -0.39 is 0 Å². The Balaban J connectivity index is 1.64. The Bertz CT molecular complexity index is 898. The second-order valence-electron chi connectivity index (χ2n) is 8.71. The number of nitrogens with zero attached hydrogens (tertiary/aromatic N) is 2. The van der Waals surface area contributed by atoms with Crippen LogP contribution in [0.5, 0.6) is 0 Å². The molecule has 0 bridgehead atoms. The van der Waals surface area contributed by atoms with Gasteiger partial charge in [0.05, 0.1) is 11.9 Å². The van der Waals surface area contributed by atoms with Crippen LogP contribution < -0.4 is 5.32 Å². The Labute approximate surface area is 155 Å². The van der Waals surface area contributed by atoms with E-state index in [4.69, 9.17) is 4.98 Å². The van der Waals surface area contributed by atoms with Crippen molar-refractivity contribution in [3.63, 3.8) is 0 Å². The molecule has 1 aromatic carbocycles.